The number of pyridine rings is 1. The Labute approximate surface area is 136 Å². The van der Waals surface area contributed by atoms with E-state index < -0.39 is 23.0 Å². The minimum Gasteiger partial charge on any atom is -0.501 e. The molecule has 0 spiro atoms. The molecule has 0 aliphatic rings. The summed E-state index contributed by atoms with van der Waals surface area (Å²) in [5, 5.41) is 9.86. The second-order valence-corrected chi connectivity index (χ2v) is 4.95. The summed E-state index contributed by atoms with van der Waals surface area (Å²) in [5.74, 6) is -1.35. The molecular formula is C17H14N2O5. The lowest BCUT2D eigenvalue weighted by molar-refractivity contribution is 0.0590. The maximum absolute atomic E-state index is 12.2. The van der Waals surface area contributed by atoms with E-state index >= 15 is 0 Å². The second-order valence-electron chi connectivity index (χ2n) is 4.95. The summed E-state index contributed by atoms with van der Waals surface area (Å²) in [6, 6.07) is 12.7. The van der Waals surface area contributed by atoms with E-state index in [1.54, 1.807) is 12.1 Å². The molecule has 3 rings (SSSR count). The normalized spacial score (nSPS) is 10.5. The van der Waals surface area contributed by atoms with Crippen LogP contribution in [0.5, 0.6) is 11.5 Å². The van der Waals surface area contributed by atoms with Crippen LogP contribution in [0.15, 0.2) is 53.5 Å². The van der Waals surface area contributed by atoms with E-state index in [-0.39, 0.29) is 12.3 Å². The van der Waals surface area contributed by atoms with Gasteiger partial charge < -0.3 is 14.6 Å². The van der Waals surface area contributed by atoms with Crippen molar-refractivity contribution in [3.05, 3.63) is 70.3 Å². The van der Waals surface area contributed by atoms with Gasteiger partial charge in [-0.2, -0.15) is 0 Å². The Balaban J connectivity index is 2.07. The third-order valence-electron chi connectivity index (χ3n) is 3.41. The standard InChI is InChI=1S/C17H14N2O5/c1-23-17(22)13-14(20)16(21)19-9-5-8-12(15(19)18-13)24-10-11-6-3-2-4-7-11/h2-9,20H,10H2,1H3. The van der Waals surface area contributed by atoms with Gasteiger partial charge >= 0.3 is 11.5 Å². The van der Waals surface area contributed by atoms with Crippen molar-refractivity contribution in [1.29, 1.82) is 0 Å². The van der Waals surface area contributed by atoms with Crippen molar-refractivity contribution in [2.75, 3.05) is 7.11 Å². The smallest absolute Gasteiger partial charge is 0.360 e. The van der Waals surface area contributed by atoms with Crippen molar-refractivity contribution in [2.24, 2.45) is 0 Å². The summed E-state index contributed by atoms with van der Waals surface area (Å²) in [5.41, 5.74) is -0.158. The zero-order valence-corrected chi connectivity index (χ0v) is 12.8. The van der Waals surface area contributed by atoms with Crippen molar-refractivity contribution < 1.29 is 19.4 Å². The van der Waals surface area contributed by atoms with Crippen LogP contribution in [0.25, 0.3) is 5.65 Å². The van der Waals surface area contributed by atoms with Crippen LogP contribution in [-0.4, -0.2) is 27.6 Å². The van der Waals surface area contributed by atoms with Crippen molar-refractivity contribution in [3.63, 3.8) is 0 Å². The SMILES string of the molecule is COC(=O)c1nc2c(OCc3ccccc3)cccn2c(=O)c1O. The molecule has 3 aromatic rings. The second kappa shape index (κ2) is 6.41. The molecule has 0 aliphatic heterocycles. The molecule has 0 aliphatic carbocycles. The Kier molecular flexibility index (Phi) is 4.15. The fraction of sp³-hybridized carbons (Fsp3) is 0.118. The Morgan fingerprint density at radius 2 is 1.96 bits per heavy atom. The molecule has 0 atom stereocenters. The van der Waals surface area contributed by atoms with E-state index in [0.29, 0.717) is 5.75 Å². The first-order valence-corrected chi connectivity index (χ1v) is 7.11. The number of hydrogen-bond donors (Lipinski definition) is 1. The van der Waals surface area contributed by atoms with E-state index in [1.807, 2.05) is 30.3 Å². The average Bonchev–Trinajstić information content (AvgIpc) is 2.63. The molecule has 122 valence electrons. The fourth-order valence-corrected chi connectivity index (χ4v) is 2.21. The van der Waals surface area contributed by atoms with Crippen LogP contribution in [0.1, 0.15) is 16.1 Å². The number of hydrogen-bond acceptors (Lipinski definition) is 6. The molecule has 0 saturated heterocycles. The van der Waals surface area contributed by atoms with Gasteiger partial charge in [-0.1, -0.05) is 30.3 Å². The van der Waals surface area contributed by atoms with Gasteiger partial charge in [0.25, 0.3) is 0 Å². The summed E-state index contributed by atoms with van der Waals surface area (Å²) in [6.07, 6.45) is 1.43. The van der Waals surface area contributed by atoms with Gasteiger partial charge in [-0.15, -0.1) is 0 Å². The quantitative estimate of drug-likeness (QED) is 0.735. The highest BCUT2D eigenvalue weighted by Crippen LogP contribution is 2.21. The third-order valence-corrected chi connectivity index (χ3v) is 3.41. The third kappa shape index (κ3) is 2.79. The monoisotopic (exact) mass is 326 g/mol. The summed E-state index contributed by atoms with van der Waals surface area (Å²) in [6.45, 7) is 0.269. The maximum atomic E-state index is 12.2. The van der Waals surface area contributed by atoms with E-state index in [1.165, 1.54) is 6.20 Å². The Bertz CT molecular complexity index is 950. The topological polar surface area (TPSA) is 90.1 Å². The molecular weight excluding hydrogens is 312 g/mol. The van der Waals surface area contributed by atoms with E-state index in [4.69, 9.17) is 4.74 Å². The van der Waals surface area contributed by atoms with Crippen molar-refractivity contribution >= 4 is 11.6 Å². The predicted molar refractivity (Wildman–Crippen MR) is 85.2 cm³/mol. The number of ether oxygens (including phenoxy) is 2. The van der Waals surface area contributed by atoms with Crippen LogP contribution >= 0.6 is 0 Å². The first-order chi connectivity index (χ1) is 11.6. The molecule has 0 unspecified atom stereocenters. The highest BCUT2D eigenvalue weighted by molar-refractivity contribution is 5.90. The molecule has 24 heavy (non-hydrogen) atoms. The number of rotatable bonds is 4. The van der Waals surface area contributed by atoms with Crippen LogP contribution in [-0.2, 0) is 11.3 Å². The number of esters is 1. The molecule has 0 radical (unpaired) electrons. The van der Waals surface area contributed by atoms with Crippen LogP contribution in [0, 0.1) is 0 Å². The summed E-state index contributed by atoms with van der Waals surface area (Å²) < 4.78 is 11.4. The predicted octanol–water partition coefficient (Wildman–Crippen LogP) is 1.77. The molecule has 0 fully saturated rings. The lowest BCUT2D eigenvalue weighted by Gasteiger charge is -2.11. The van der Waals surface area contributed by atoms with E-state index in [9.17, 15) is 14.7 Å². The number of benzene rings is 1. The number of methoxy groups -OCH3 is 1. The van der Waals surface area contributed by atoms with Gasteiger partial charge in [-0.25, -0.2) is 9.78 Å². The van der Waals surface area contributed by atoms with Gasteiger partial charge in [0.2, 0.25) is 5.75 Å². The van der Waals surface area contributed by atoms with Gasteiger partial charge in [0.15, 0.2) is 17.1 Å². The zero-order chi connectivity index (χ0) is 17.1. The van der Waals surface area contributed by atoms with Gasteiger partial charge in [0.05, 0.1) is 7.11 Å². The number of carbonyl (C=O) groups excluding carboxylic acids is 1. The summed E-state index contributed by atoms with van der Waals surface area (Å²) >= 11 is 0. The van der Waals surface area contributed by atoms with Crippen molar-refractivity contribution in [3.8, 4) is 11.5 Å². The van der Waals surface area contributed by atoms with Gasteiger partial charge in [-0.3, -0.25) is 9.20 Å². The summed E-state index contributed by atoms with van der Waals surface area (Å²) in [4.78, 5) is 27.9. The fourth-order valence-electron chi connectivity index (χ4n) is 2.21. The number of aromatic hydroxyl groups is 1. The van der Waals surface area contributed by atoms with E-state index in [0.717, 1.165) is 17.1 Å². The maximum Gasteiger partial charge on any atom is 0.360 e. The van der Waals surface area contributed by atoms with Crippen LogP contribution in [0.4, 0.5) is 0 Å². The van der Waals surface area contributed by atoms with Crippen molar-refractivity contribution in [2.45, 2.75) is 6.61 Å². The zero-order valence-electron chi connectivity index (χ0n) is 12.8. The van der Waals surface area contributed by atoms with Crippen LogP contribution in [0.3, 0.4) is 0 Å². The largest absolute Gasteiger partial charge is 0.501 e. The highest BCUT2D eigenvalue weighted by Gasteiger charge is 2.20. The molecule has 7 nitrogen and oxygen atoms in total. The van der Waals surface area contributed by atoms with Gasteiger partial charge in [0, 0.05) is 6.20 Å². The highest BCUT2D eigenvalue weighted by atomic mass is 16.5. The molecule has 0 saturated carbocycles. The number of aromatic nitrogens is 2. The number of fused-ring (bicyclic) bond motifs is 1. The van der Waals surface area contributed by atoms with Gasteiger partial charge in [-0.05, 0) is 17.7 Å². The summed E-state index contributed by atoms with van der Waals surface area (Å²) in [7, 11) is 1.14. The molecule has 0 bridgehead atoms. The Morgan fingerprint density at radius 1 is 1.21 bits per heavy atom. The number of nitrogens with zero attached hydrogens (tertiary/aromatic N) is 2. The molecule has 1 aromatic carbocycles. The Hall–Kier alpha value is -3.35. The molecule has 2 heterocycles. The average molecular weight is 326 g/mol. The molecule has 7 heteroatoms. The number of carbonyl (C=O) groups is 1. The van der Waals surface area contributed by atoms with Crippen molar-refractivity contribution in [1.82, 2.24) is 9.38 Å². The minimum atomic E-state index is -0.898. The van der Waals surface area contributed by atoms with Crippen LogP contribution < -0.4 is 10.3 Å². The minimum absolute atomic E-state index is 0.122. The van der Waals surface area contributed by atoms with E-state index in [2.05, 4.69) is 9.72 Å². The Morgan fingerprint density at radius 3 is 2.67 bits per heavy atom. The first-order valence-electron chi connectivity index (χ1n) is 7.11. The molecule has 0 amide bonds. The molecule has 1 N–H and O–H groups in total. The van der Waals surface area contributed by atoms with Crippen LogP contribution in [0.2, 0.25) is 0 Å². The molecule has 2 aromatic heterocycles. The van der Waals surface area contributed by atoms with Gasteiger partial charge in [0.1, 0.15) is 6.61 Å². The lowest BCUT2D eigenvalue weighted by Crippen LogP contribution is -2.20. The first kappa shape index (κ1) is 15.5. The lowest BCUT2D eigenvalue weighted by atomic mass is 10.2.